The molecule has 33 heavy (non-hydrogen) atoms. The van der Waals surface area contributed by atoms with E-state index in [1.54, 1.807) is 36.4 Å². The van der Waals surface area contributed by atoms with Gasteiger partial charge in [0.1, 0.15) is 11.5 Å². The molecule has 2 aromatic rings. The molecular weight excluding hydrogens is 424 g/mol. The maximum atomic E-state index is 11.7. The Balaban J connectivity index is 1.91. The van der Waals surface area contributed by atoms with E-state index in [0.717, 1.165) is 31.2 Å². The van der Waals surface area contributed by atoms with Gasteiger partial charge in [0.25, 0.3) is 0 Å². The lowest BCUT2D eigenvalue weighted by atomic mass is 9.87. The minimum atomic E-state index is -0.976. The molecule has 178 valence electrons. The van der Waals surface area contributed by atoms with Crippen LogP contribution < -0.4 is 0 Å². The molecule has 2 atom stereocenters. The number of phenolic OH excluding ortho intramolecular Hbond substituents is 2. The highest BCUT2D eigenvalue weighted by molar-refractivity contribution is 5.69. The third-order valence-electron chi connectivity index (χ3n) is 6.29. The van der Waals surface area contributed by atoms with Crippen molar-refractivity contribution in [1.82, 2.24) is 9.80 Å². The molecule has 0 aliphatic heterocycles. The Morgan fingerprint density at radius 3 is 1.82 bits per heavy atom. The van der Waals surface area contributed by atoms with Crippen LogP contribution in [0.2, 0.25) is 0 Å². The van der Waals surface area contributed by atoms with Gasteiger partial charge in [0.05, 0.1) is 13.1 Å². The summed E-state index contributed by atoms with van der Waals surface area (Å²) >= 11 is 0. The van der Waals surface area contributed by atoms with Crippen LogP contribution in [0, 0.1) is 6.92 Å². The number of hydrogen-bond donors (Lipinski definition) is 4. The standard InChI is InChI=1S/C25H32N2O6/c1-17-10-11-19(23(29)12-17)14-27(16-25(32)33)21-8-4-3-7-20(21)26(15-24(30)31)13-18-6-2-5-9-22(18)28/h2,5-6,9-12,20-21,28-29H,3-4,7-8,13-16H2,1H3,(H,30,31)(H,32,33). The lowest BCUT2D eigenvalue weighted by molar-refractivity contribution is -0.142. The Bertz CT molecular complexity index is 979. The fourth-order valence-electron chi connectivity index (χ4n) is 4.76. The van der Waals surface area contributed by atoms with Crippen molar-refractivity contribution < 1.29 is 30.0 Å². The number of benzene rings is 2. The van der Waals surface area contributed by atoms with E-state index in [9.17, 15) is 30.0 Å². The van der Waals surface area contributed by atoms with Crippen molar-refractivity contribution >= 4 is 11.9 Å². The van der Waals surface area contributed by atoms with Crippen molar-refractivity contribution in [3.05, 3.63) is 59.2 Å². The van der Waals surface area contributed by atoms with Crippen LogP contribution in [0.15, 0.2) is 42.5 Å². The second kappa shape index (κ2) is 11.2. The number of rotatable bonds is 10. The molecule has 3 rings (SSSR count). The van der Waals surface area contributed by atoms with Gasteiger partial charge >= 0.3 is 11.9 Å². The summed E-state index contributed by atoms with van der Waals surface area (Å²) in [6, 6.07) is 11.8. The molecule has 0 saturated heterocycles. The monoisotopic (exact) mass is 456 g/mol. The van der Waals surface area contributed by atoms with Crippen LogP contribution >= 0.6 is 0 Å². The van der Waals surface area contributed by atoms with E-state index >= 15 is 0 Å². The molecule has 2 unspecified atom stereocenters. The zero-order valence-corrected chi connectivity index (χ0v) is 18.9. The quantitative estimate of drug-likeness (QED) is 0.430. The fourth-order valence-corrected chi connectivity index (χ4v) is 4.76. The number of carbonyl (C=O) groups is 2. The number of aliphatic carboxylic acids is 2. The predicted octanol–water partition coefficient (Wildman–Crippen LogP) is 3.19. The van der Waals surface area contributed by atoms with E-state index in [4.69, 9.17) is 0 Å². The zero-order valence-electron chi connectivity index (χ0n) is 18.9. The fraction of sp³-hybridized carbons (Fsp3) is 0.440. The number of hydrogen-bond acceptors (Lipinski definition) is 6. The summed E-state index contributed by atoms with van der Waals surface area (Å²) in [5, 5.41) is 39.8. The number of para-hydroxylation sites is 1. The Kier molecular flexibility index (Phi) is 8.30. The van der Waals surface area contributed by atoms with Crippen LogP contribution in [-0.2, 0) is 22.7 Å². The zero-order chi connectivity index (χ0) is 24.0. The van der Waals surface area contributed by atoms with Crippen LogP contribution in [0.25, 0.3) is 0 Å². The molecule has 0 radical (unpaired) electrons. The third-order valence-corrected chi connectivity index (χ3v) is 6.29. The highest BCUT2D eigenvalue weighted by Gasteiger charge is 2.36. The number of carboxylic acids is 2. The highest BCUT2D eigenvalue weighted by atomic mass is 16.4. The first-order chi connectivity index (χ1) is 15.7. The van der Waals surface area contributed by atoms with Gasteiger partial charge in [-0.25, -0.2) is 0 Å². The maximum Gasteiger partial charge on any atom is 0.317 e. The largest absolute Gasteiger partial charge is 0.508 e. The van der Waals surface area contributed by atoms with Gasteiger partial charge in [0.2, 0.25) is 0 Å². The minimum absolute atomic E-state index is 0.104. The number of carboxylic acid groups (broad SMARTS) is 2. The third kappa shape index (κ3) is 6.69. The summed E-state index contributed by atoms with van der Waals surface area (Å²) in [6.45, 7) is 1.94. The summed E-state index contributed by atoms with van der Waals surface area (Å²) in [6.07, 6.45) is 3.27. The summed E-state index contributed by atoms with van der Waals surface area (Å²) in [7, 11) is 0. The van der Waals surface area contributed by atoms with Crippen LogP contribution in [0.1, 0.15) is 42.4 Å². The average molecular weight is 457 g/mol. The topological polar surface area (TPSA) is 122 Å². The van der Waals surface area contributed by atoms with Gasteiger partial charge in [-0.05, 0) is 37.5 Å². The Morgan fingerprint density at radius 1 is 0.818 bits per heavy atom. The van der Waals surface area contributed by atoms with Gasteiger partial charge in [-0.2, -0.15) is 0 Å². The summed E-state index contributed by atoms with van der Waals surface area (Å²) in [5.41, 5.74) is 2.17. The van der Waals surface area contributed by atoms with Gasteiger partial charge in [-0.3, -0.25) is 19.4 Å². The molecule has 0 amide bonds. The Labute approximate surface area is 193 Å². The summed E-state index contributed by atoms with van der Waals surface area (Å²) in [5.74, 6) is -1.73. The molecule has 8 heteroatoms. The molecule has 0 heterocycles. The molecule has 0 spiro atoms. The number of phenols is 2. The van der Waals surface area contributed by atoms with E-state index in [1.165, 1.54) is 0 Å². The molecule has 1 aliphatic rings. The first kappa shape index (κ1) is 24.5. The molecule has 4 N–H and O–H groups in total. The maximum absolute atomic E-state index is 11.7. The normalized spacial score (nSPS) is 18.5. The lowest BCUT2D eigenvalue weighted by Gasteiger charge is -2.44. The molecule has 1 aliphatic carbocycles. The molecular formula is C25H32N2O6. The van der Waals surface area contributed by atoms with Gasteiger partial charge in [-0.1, -0.05) is 43.2 Å². The second-order valence-electron chi connectivity index (χ2n) is 8.78. The Morgan fingerprint density at radius 2 is 1.33 bits per heavy atom. The van der Waals surface area contributed by atoms with Crippen molar-refractivity contribution in [2.45, 2.75) is 57.8 Å². The SMILES string of the molecule is Cc1ccc(CN(CC(=O)O)C2CCCCC2N(CC(=O)O)Cc2ccccc2O)c(O)c1. The van der Waals surface area contributed by atoms with Crippen molar-refractivity contribution in [1.29, 1.82) is 0 Å². The minimum Gasteiger partial charge on any atom is -0.508 e. The molecule has 8 nitrogen and oxygen atoms in total. The molecule has 0 bridgehead atoms. The Hall–Kier alpha value is -3.10. The van der Waals surface area contributed by atoms with E-state index < -0.39 is 11.9 Å². The first-order valence-electron chi connectivity index (χ1n) is 11.2. The predicted molar refractivity (Wildman–Crippen MR) is 123 cm³/mol. The van der Waals surface area contributed by atoms with Crippen molar-refractivity contribution in [3.63, 3.8) is 0 Å². The first-order valence-corrected chi connectivity index (χ1v) is 11.2. The number of nitrogens with zero attached hydrogens (tertiary/aromatic N) is 2. The van der Waals surface area contributed by atoms with Gasteiger partial charge in [0, 0.05) is 36.3 Å². The number of aromatic hydroxyl groups is 2. The van der Waals surface area contributed by atoms with Crippen LogP contribution in [0.4, 0.5) is 0 Å². The van der Waals surface area contributed by atoms with Crippen LogP contribution in [0.5, 0.6) is 11.5 Å². The smallest absolute Gasteiger partial charge is 0.317 e. The van der Waals surface area contributed by atoms with E-state index in [0.29, 0.717) is 11.1 Å². The van der Waals surface area contributed by atoms with Gasteiger partial charge in [-0.15, -0.1) is 0 Å². The van der Waals surface area contributed by atoms with E-state index in [-0.39, 0.29) is 49.8 Å². The average Bonchev–Trinajstić information content (AvgIpc) is 2.75. The van der Waals surface area contributed by atoms with Crippen LogP contribution in [0.3, 0.4) is 0 Å². The molecule has 1 fully saturated rings. The summed E-state index contributed by atoms with van der Waals surface area (Å²) < 4.78 is 0. The lowest BCUT2D eigenvalue weighted by Crippen LogP contribution is -2.55. The van der Waals surface area contributed by atoms with E-state index in [1.807, 2.05) is 22.8 Å². The number of aryl methyl sites for hydroxylation is 1. The van der Waals surface area contributed by atoms with E-state index in [2.05, 4.69) is 0 Å². The van der Waals surface area contributed by atoms with Gasteiger partial charge in [0.15, 0.2) is 0 Å². The second-order valence-corrected chi connectivity index (χ2v) is 8.78. The molecule has 1 saturated carbocycles. The molecule has 2 aromatic carbocycles. The van der Waals surface area contributed by atoms with Crippen molar-refractivity contribution in [2.75, 3.05) is 13.1 Å². The van der Waals surface area contributed by atoms with Crippen molar-refractivity contribution in [3.8, 4) is 11.5 Å². The van der Waals surface area contributed by atoms with Crippen molar-refractivity contribution in [2.24, 2.45) is 0 Å². The molecule has 0 aromatic heterocycles. The summed E-state index contributed by atoms with van der Waals surface area (Å²) in [4.78, 5) is 27.1. The highest BCUT2D eigenvalue weighted by Crippen LogP contribution is 2.31. The van der Waals surface area contributed by atoms with Gasteiger partial charge < -0.3 is 20.4 Å². The van der Waals surface area contributed by atoms with Crippen LogP contribution in [-0.4, -0.2) is 67.3 Å².